The van der Waals surface area contributed by atoms with E-state index < -0.39 is 23.2 Å². The number of benzene rings is 1. The lowest BCUT2D eigenvalue weighted by Crippen LogP contribution is -2.09. The topological polar surface area (TPSA) is 74.5 Å². The first kappa shape index (κ1) is 21.8. The molecule has 1 fully saturated rings. The highest BCUT2D eigenvalue weighted by Crippen LogP contribution is 2.50. The molecule has 0 atom stereocenters. The lowest BCUT2D eigenvalue weighted by molar-refractivity contribution is 0.146. The number of fused-ring (bicyclic) bond motifs is 1. The van der Waals surface area contributed by atoms with Crippen molar-refractivity contribution in [3.63, 3.8) is 0 Å². The average Bonchev–Trinajstić information content (AvgIpc) is 3.55. The van der Waals surface area contributed by atoms with Gasteiger partial charge in [-0.15, -0.1) is 0 Å². The van der Waals surface area contributed by atoms with Crippen molar-refractivity contribution in [1.82, 2.24) is 15.0 Å². The van der Waals surface area contributed by atoms with Crippen molar-refractivity contribution in [2.75, 3.05) is 5.32 Å². The zero-order chi connectivity index (χ0) is 21.9. The Bertz CT molecular complexity index is 1110. The van der Waals surface area contributed by atoms with Gasteiger partial charge in [-0.2, -0.15) is 5.26 Å². The molecule has 30 heavy (non-hydrogen) atoms. The Labute approximate surface area is 176 Å². The van der Waals surface area contributed by atoms with E-state index in [4.69, 9.17) is 11.6 Å². The molecule has 0 bridgehead atoms. The summed E-state index contributed by atoms with van der Waals surface area (Å²) < 4.78 is 40.0. The minimum Gasteiger partial charge on any atom is -0.365 e. The van der Waals surface area contributed by atoms with Crippen LogP contribution in [0.1, 0.15) is 49.8 Å². The third-order valence-electron chi connectivity index (χ3n) is 4.85. The summed E-state index contributed by atoms with van der Waals surface area (Å²) in [5.41, 5.74) is -0.285. The second-order valence-electron chi connectivity index (χ2n) is 6.59. The van der Waals surface area contributed by atoms with Crippen LogP contribution in [0.3, 0.4) is 0 Å². The van der Waals surface area contributed by atoms with Gasteiger partial charge >= 0.3 is 0 Å². The average molecular weight is 434 g/mol. The molecule has 1 aliphatic rings. The highest BCUT2D eigenvalue weighted by atomic mass is 35.5. The molecule has 1 aromatic carbocycles. The number of hydrogen-bond donors (Lipinski definition) is 1. The van der Waals surface area contributed by atoms with Gasteiger partial charge in [-0.1, -0.05) is 43.6 Å². The highest BCUT2D eigenvalue weighted by molar-refractivity contribution is 6.30. The lowest BCUT2D eigenvalue weighted by Gasteiger charge is -2.13. The number of anilines is 1. The number of nitrogens with zero attached hydrogens (tertiary/aromatic N) is 4. The van der Waals surface area contributed by atoms with Crippen molar-refractivity contribution < 1.29 is 13.2 Å². The number of rotatable bonds is 5. The van der Waals surface area contributed by atoms with E-state index in [9.17, 15) is 18.4 Å². The lowest BCUT2D eigenvalue weighted by atomic mass is 9.98. The fourth-order valence-corrected chi connectivity index (χ4v) is 3.41. The van der Waals surface area contributed by atoms with E-state index in [1.165, 1.54) is 18.5 Å². The largest absolute Gasteiger partial charge is 0.365 e. The molecule has 156 valence electrons. The molecule has 4 rings (SSSR count). The molecule has 0 saturated heterocycles. The molecule has 2 heterocycles. The van der Waals surface area contributed by atoms with Gasteiger partial charge in [0.2, 0.25) is 0 Å². The Morgan fingerprint density at radius 3 is 2.63 bits per heavy atom. The van der Waals surface area contributed by atoms with Crippen molar-refractivity contribution in [1.29, 1.82) is 5.26 Å². The number of hydrogen-bond acceptors (Lipinski definition) is 5. The first-order chi connectivity index (χ1) is 14.4. The van der Waals surface area contributed by atoms with Gasteiger partial charge < -0.3 is 5.32 Å². The van der Waals surface area contributed by atoms with Gasteiger partial charge in [0.25, 0.3) is 6.43 Å². The Balaban J connectivity index is 0.00000124. The Hall–Kier alpha value is -2.92. The molecule has 0 unspecified atom stereocenters. The van der Waals surface area contributed by atoms with Crippen LogP contribution < -0.4 is 5.32 Å². The number of nitriles is 1. The van der Waals surface area contributed by atoms with Crippen LogP contribution in [0.15, 0.2) is 30.6 Å². The summed E-state index contributed by atoms with van der Waals surface area (Å²) in [4.78, 5) is 12.5. The minimum absolute atomic E-state index is 0.0557. The van der Waals surface area contributed by atoms with E-state index in [1.807, 2.05) is 13.8 Å². The highest BCUT2D eigenvalue weighted by Gasteiger charge is 2.47. The third kappa shape index (κ3) is 4.03. The van der Waals surface area contributed by atoms with Gasteiger partial charge in [0.1, 0.15) is 23.1 Å². The van der Waals surface area contributed by atoms with Crippen molar-refractivity contribution in [2.45, 2.75) is 45.1 Å². The van der Waals surface area contributed by atoms with Crippen LogP contribution >= 0.6 is 11.6 Å². The third-order valence-corrected chi connectivity index (χ3v) is 5.14. The summed E-state index contributed by atoms with van der Waals surface area (Å²) in [5, 5.41) is 13.1. The SMILES string of the molecule is CC.N#CC1(c2cc3c(NCc4cccc(C(F)F)c4F)ncnc3nc2Cl)CC1. The van der Waals surface area contributed by atoms with E-state index in [1.54, 1.807) is 6.07 Å². The van der Waals surface area contributed by atoms with Gasteiger partial charge in [-0.05, 0) is 18.9 Å². The molecular weight excluding hydrogens is 415 g/mol. The molecule has 5 nitrogen and oxygen atoms in total. The molecule has 0 aliphatic heterocycles. The van der Waals surface area contributed by atoms with Crippen molar-refractivity contribution in [2.24, 2.45) is 0 Å². The predicted molar refractivity (Wildman–Crippen MR) is 109 cm³/mol. The van der Waals surface area contributed by atoms with Gasteiger partial charge in [0.05, 0.1) is 22.4 Å². The van der Waals surface area contributed by atoms with Crippen molar-refractivity contribution >= 4 is 28.5 Å². The van der Waals surface area contributed by atoms with Gasteiger partial charge in [-0.3, -0.25) is 0 Å². The fraction of sp³-hybridized carbons (Fsp3) is 0.333. The number of alkyl halides is 2. The molecule has 1 N–H and O–H groups in total. The maximum Gasteiger partial charge on any atom is 0.266 e. The molecule has 2 aromatic heterocycles. The molecular formula is C21H19ClF3N5. The maximum absolute atomic E-state index is 14.2. The molecule has 1 saturated carbocycles. The summed E-state index contributed by atoms with van der Waals surface area (Å²) in [6.45, 7) is 3.94. The molecule has 0 amide bonds. The molecule has 9 heteroatoms. The number of nitrogens with one attached hydrogen (secondary N) is 1. The van der Waals surface area contributed by atoms with Gasteiger partial charge in [0, 0.05) is 17.7 Å². The van der Waals surface area contributed by atoms with Crippen LogP contribution in [-0.4, -0.2) is 15.0 Å². The second-order valence-corrected chi connectivity index (χ2v) is 6.95. The Kier molecular flexibility index (Phi) is 6.42. The summed E-state index contributed by atoms with van der Waals surface area (Å²) in [6.07, 6.45) is -0.234. The van der Waals surface area contributed by atoms with Gasteiger partial charge in [0.15, 0.2) is 5.65 Å². The van der Waals surface area contributed by atoms with E-state index in [-0.39, 0.29) is 17.3 Å². The number of halogens is 4. The summed E-state index contributed by atoms with van der Waals surface area (Å²) in [6, 6.07) is 7.84. The van der Waals surface area contributed by atoms with E-state index in [0.717, 1.165) is 6.07 Å². The maximum atomic E-state index is 14.2. The quantitative estimate of drug-likeness (QED) is 0.503. The monoisotopic (exact) mass is 433 g/mol. The normalized spacial score (nSPS) is 14.1. The van der Waals surface area contributed by atoms with Crippen molar-refractivity contribution in [3.05, 3.63) is 58.3 Å². The van der Waals surface area contributed by atoms with E-state index in [0.29, 0.717) is 35.3 Å². The smallest absolute Gasteiger partial charge is 0.266 e. The molecule has 0 spiro atoms. The standard InChI is InChI=1S/C19H13ClF3N5.C2H6/c20-15-13(19(8-24)4-5-19)6-12-17(26-9-27-18(12)28-15)25-7-10-2-1-3-11(14(10)21)16(22)23;1-2/h1-3,6,9,16H,4-5,7H2,(H,25,26,27,28);1-2H3. The predicted octanol–water partition coefficient (Wildman–Crippen LogP) is 5.95. The summed E-state index contributed by atoms with van der Waals surface area (Å²) >= 11 is 6.24. The summed E-state index contributed by atoms with van der Waals surface area (Å²) in [5.74, 6) is -0.599. The Morgan fingerprint density at radius 2 is 2.00 bits per heavy atom. The van der Waals surface area contributed by atoms with E-state index >= 15 is 0 Å². The van der Waals surface area contributed by atoms with Crippen LogP contribution in [-0.2, 0) is 12.0 Å². The van der Waals surface area contributed by atoms with Crippen LogP contribution in [0.5, 0.6) is 0 Å². The second kappa shape index (κ2) is 8.84. The zero-order valence-electron chi connectivity index (χ0n) is 16.4. The first-order valence-electron chi connectivity index (χ1n) is 9.47. The van der Waals surface area contributed by atoms with Gasteiger partial charge in [-0.25, -0.2) is 28.1 Å². The number of aromatic nitrogens is 3. The molecule has 3 aromatic rings. The van der Waals surface area contributed by atoms with Crippen LogP contribution in [0, 0.1) is 17.1 Å². The zero-order valence-corrected chi connectivity index (χ0v) is 17.1. The van der Waals surface area contributed by atoms with E-state index in [2.05, 4.69) is 26.3 Å². The summed E-state index contributed by atoms with van der Waals surface area (Å²) in [7, 11) is 0. The first-order valence-corrected chi connectivity index (χ1v) is 9.85. The van der Waals surface area contributed by atoms with Crippen LogP contribution in [0.25, 0.3) is 11.0 Å². The van der Waals surface area contributed by atoms with Crippen LogP contribution in [0.4, 0.5) is 19.0 Å². The molecule has 0 radical (unpaired) electrons. The van der Waals surface area contributed by atoms with Crippen LogP contribution in [0.2, 0.25) is 5.15 Å². The molecule has 1 aliphatic carbocycles. The fourth-order valence-electron chi connectivity index (χ4n) is 3.09. The number of pyridine rings is 1. The minimum atomic E-state index is -2.89. The Morgan fingerprint density at radius 1 is 1.27 bits per heavy atom. The van der Waals surface area contributed by atoms with Crippen molar-refractivity contribution in [3.8, 4) is 6.07 Å².